The molecule has 0 aromatic heterocycles. The van der Waals surface area contributed by atoms with E-state index < -0.39 is 64.7 Å². The van der Waals surface area contributed by atoms with Crippen LogP contribution in [0.4, 0.5) is 34.1 Å². The third kappa shape index (κ3) is 8.86. The number of carbonyl (C=O) groups is 2. The van der Waals surface area contributed by atoms with Crippen molar-refractivity contribution in [3.05, 3.63) is 144 Å². The third-order valence-corrected chi connectivity index (χ3v) is 10.9. The SMILES string of the molecule is Cc1ccc(N=Nc2c(S(=O)(=O)O)cc3cc(NC(=O)c4cccc(C(=O)Nc5ccc6c(O)c(N=Nc7ccc(C)cc7)c(S(=O)(=O)O)cc6c5)c4)ccc3c2O)cc1. The summed E-state index contributed by atoms with van der Waals surface area (Å²) in [4.78, 5) is 25.3. The number of phenols is 2. The molecule has 0 spiro atoms. The second-order valence-electron chi connectivity index (χ2n) is 13.5. The fraction of sp³-hybridized carbons (Fsp3) is 0.0476. The number of rotatable bonds is 10. The van der Waals surface area contributed by atoms with Gasteiger partial charge in [-0.1, -0.05) is 41.5 Å². The van der Waals surface area contributed by atoms with Crippen molar-refractivity contribution in [3.63, 3.8) is 0 Å². The summed E-state index contributed by atoms with van der Waals surface area (Å²) >= 11 is 0. The molecular weight excluding hydrogens is 813 g/mol. The largest absolute Gasteiger partial charge is 0.505 e. The van der Waals surface area contributed by atoms with Crippen LogP contribution in [0, 0.1) is 13.8 Å². The van der Waals surface area contributed by atoms with Crippen molar-refractivity contribution >= 4 is 87.7 Å². The smallest absolute Gasteiger partial charge is 0.296 e. The van der Waals surface area contributed by atoms with Gasteiger partial charge in [0.2, 0.25) is 0 Å². The van der Waals surface area contributed by atoms with E-state index in [0.29, 0.717) is 11.4 Å². The quantitative estimate of drug-likeness (QED) is 0.0561. The first kappa shape index (κ1) is 40.8. The first-order valence-corrected chi connectivity index (χ1v) is 20.6. The number of benzene rings is 7. The summed E-state index contributed by atoms with van der Waals surface area (Å²) in [5.41, 5.74) is 2.19. The Balaban J connectivity index is 1.11. The zero-order valence-electron chi connectivity index (χ0n) is 31.4. The Morgan fingerprint density at radius 2 is 0.883 bits per heavy atom. The molecule has 18 heteroatoms. The summed E-state index contributed by atoms with van der Waals surface area (Å²) in [5, 5.41) is 43.8. The number of phenolic OH excluding ortho intramolecular Hbond substituents is 2. The Kier molecular flexibility index (Phi) is 11.0. The maximum atomic E-state index is 13.4. The molecule has 0 saturated carbocycles. The molecule has 0 radical (unpaired) electrons. The van der Waals surface area contributed by atoms with Crippen molar-refractivity contribution < 1.29 is 45.7 Å². The number of hydrogen-bond acceptors (Lipinski definition) is 12. The zero-order chi connectivity index (χ0) is 42.9. The second-order valence-corrected chi connectivity index (χ2v) is 16.3. The van der Waals surface area contributed by atoms with Crippen LogP contribution < -0.4 is 10.6 Å². The average Bonchev–Trinajstić information content (AvgIpc) is 3.20. The molecule has 6 N–H and O–H groups in total. The van der Waals surface area contributed by atoms with Crippen LogP contribution in [0.2, 0.25) is 0 Å². The lowest BCUT2D eigenvalue weighted by Crippen LogP contribution is -2.15. The lowest BCUT2D eigenvalue weighted by Gasteiger charge is -2.12. The Labute approximate surface area is 342 Å². The monoisotopic (exact) mass is 844 g/mol. The van der Waals surface area contributed by atoms with Gasteiger partial charge < -0.3 is 20.8 Å². The van der Waals surface area contributed by atoms with Crippen LogP contribution in [0.25, 0.3) is 21.5 Å². The minimum atomic E-state index is -4.90. The van der Waals surface area contributed by atoms with E-state index >= 15 is 0 Å². The van der Waals surface area contributed by atoms with Gasteiger partial charge in [0, 0.05) is 33.3 Å². The number of amides is 2. The van der Waals surface area contributed by atoms with Crippen LogP contribution in [0.3, 0.4) is 0 Å². The Morgan fingerprint density at radius 1 is 0.500 bits per heavy atom. The lowest BCUT2D eigenvalue weighted by molar-refractivity contribution is 0.102. The fourth-order valence-electron chi connectivity index (χ4n) is 6.09. The number of hydrogen-bond donors (Lipinski definition) is 6. The third-order valence-electron chi connectivity index (χ3n) is 9.16. The van der Waals surface area contributed by atoms with Crippen LogP contribution in [0.1, 0.15) is 31.8 Å². The summed E-state index contributed by atoms with van der Waals surface area (Å²) in [6, 6.07) is 30.0. The lowest BCUT2D eigenvalue weighted by atomic mass is 10.1. The molecule has 0 saturated heterocycles. The number of carbonyl (C=O) groups excluding carboxylic acids is 2. The van der Waals surface area contributed by atoms with Crippen molar-refractivity contribution in [1.29, 1.82) is 0 Å². The molecule has 0 fully saturated rings. The average molecular weight is 845 g/mol. The maximum Gasteiger partial charge on any atom is 0.296 e. The number of aryl methyl sites for hydroxylation is 2. The van der Waals surface area contributed by atoms with Gasteiger partial charge in [-0.25, -0.2) is 0 Å². The number of fused-ring (bicyclic) bond motifs is 2. The number of anilines is 2. The predicted molar refractivity (Wildman–Crippen MR) is 224 cm³/mol. The standard InChI is InChI=1S/C42H32N6O10S2/c1-23-6-10-29(11-7-23)45-47-37-35(59(53,54)55)21-27-19-31(14-16-33(27)39(37)49)43-41(51)25-4-3-5-26(18-25)42(52)44-32-15-17-34-28(20-32)22-36(60(56,57)58)38(40(34)50)48-46-30-12-8-24(2)9-13-30/h3-22,49-50H,1-2H3,(H,43,51)(H,44,52)(H,53,54,55)(H,56,57,58). The number of nitrogens with one attached hydrogen (secondary N) is 2. The highest BCUT2D eigenvalue weighted by atomic mass is 32.2. The zero-order valence-corrected chi connectivity index (χ0v) is 33.0. The normalized spacial score (nSPS) is 12.1. The molecule has 7 aromatic carbocycles. The van der Waals surface area contributed by atoms with Crippen molar-refractivity contribution in [2.45, 2.75) is 23.6 Å². The van der Waals surface area contributed by atoms with Gasteiger partial charge in [0.15, 0.2) is 11.5 Å². The van der Waals surface area contributed by atoms with E-state index in [1.54, 1.807) is 48.5 Å². The maximum absolute atomic E-state index is 13.4. The van der Waals surface area contributed by atoms with Crippen molar-refractivity contribution in [2.24, 2.45) is 20.5 Å². The van der Waals surface area contributed by atoms with Gasteiger partial charge in [-0.3, -0.25) is 18.7 Å². The molecule has 0 aliphatic rings. The van der Waals surface area contributed by atoms with E-state index in [4.69, 9.17) is 0 Å². The van der Waals surface area contributed by atoms with E-state index in [1.807, 2.05) is 13.8 Å². The Hall–Kier alpha value is -7.38. The molecule has 302 valence electrons. The molecular formula is C42H32N6O10S2. The molecule has 0 unspecified atom stereocenters. The molecule has 0 aliphatic carbocycles. The van der Waals surface area contributed by atoms with Gasteiger partial charge in [-0.05, 0) is 116 Å². The second kappa shape index (κ2) is 16.1. The molecule has 0 atom stereocenters. The van der Waals surface area contributed by atoms with E-state index in [-0.39, 0.29) is 44.0 Å². The summed E-state index contributed by atoms with van der Waals surface area (Å²) in [5.74, 6) is -2.44. The van der Waals surface area contributed by atoms with Crippen LogP contribution in [-0.2, 0) is 20.2 Å². The first-order chi connectivity index (χ1) is 28.4. The topological polar surface area (TPSA) is 257 Å². The van der Waals surface area contributed by atoms with Crippen LogP contribution >= 0.6 is 0 Å². The highest BCUT2D eigenvalue weighted by Crippen LogP contribution is 2.43. The summed E-state index contributed by atoms with van der Waals surface area (Å²) in [7, 11) is -9.80. The molecule has 0 heterocycles. The van der Waals surface area contributed by atoms with E-state index in [2.05, 4.69) is 31.1 Å². The molecule has 0 aliphatic heterocycles. The number of azo groups is 2. The minimum absolute atomic E-state index is 0.0599. The highest BCUT2D eigenvalue weighted by molar-refractivity contribution is 7.86. The summed E-state index contributed by atoms with van der Waals surface area (Å²) < 4.78 is 69.4. The molecule has 7 rings (SSSR count). The van der Waals surface area contributed by atoms with Crippen LogP contribution in [0.5, 0.6) is 11.5 Å². The summed E-state index contributed by atoms with van der Waals surface area (Å²) in [6.07, 6.45) is 0. The van der Waals surface area contributed by atoms with Crippen LogP contribution in [-0.4, -0.2) is 48.0 Å². The van der Waals surface area contributed by atoms with Crippen molar-refractivity contribution in [1.82, 2.24) is 0 Å². The van der Waals surface area contributed by atoms with Gasteiger partial charge in [-0.2, -0.15) is 27.1 Å². The van der Waals surface area contributed by atoms with Crippen molar-refractivity contribution in [3.8, 4) is 11.5 Å². The first-order valence-electron chi connectivity index (χ1n) is 17.7. The van der Waals surface area contributed by atoms with E-state index in [9.17, 15) is 45.7 Å². The van der Waals surface area contributed by atoms with Gasteiger partial charge in [-0.15, -0.1) is 10.2 Å². The van der Waals surface area contributed by atoms with Gasteiger partial charge >= 0.3 is 0 Å². The van der Waals surface area contributed by atoms with E-state index in [0.717, 1.165) is 23.3 Å². The molecule has 2 amide bonds. The van der Waals surface area contributed by atoms with E-state index in [1.165, 1.54) is 60.7 Å². The van der Waals surface area contributed by atoms with Gasteiger partial charge in [0.25, 0.3) is 32.1 Å². The van der Waals surface area contributed by atoms with Crippen molar-refractivity contribution in [2.75, 3.05) is 10.6 Å². The molecule has 60 heavy (non-hydrogen) atoms. The minimum Gasteiger partial charge on any atom is -0.505 e. The Bertz CT molecular complexity index is 2960. The Morgan fingerprint density at radius 3 is 1.25 bits per heavy atom. The number of aromatic hydroxyl groups is 2. The summed E-state index contributed by atoms with van der Waals surface area (Å²) in [6.45, 7) is 3.74. The highest BCUT2D eigenvalue weighted by Gasteiger charge is 2.24. The predicted octanol–water partition coefficient (Wildman–Crippen LogP) is 9.85. The van der Waals surface area contributed by atoms with Crippen LogP contribution in [0.15, 0.2) is 152 Å². The molecule has 0 bridgehead atoms. The fourth-order valence-corrected chi connectivity index (χ4v) is 7.41. The van der Waals surface area contributed by atoms with Gasteiger partial charge in [0.1, 0.15) is 21.2 Å². The number of nitrogens with zero attached hydrogens (tertiary/aromatic N) is 4. The molecule has 7 aromatic rings. The van der Waals surface area contributed by atoms with Gasteiger partial charge in [0.05, 0.1) is 11.4 Å². The molecule has 16 nitrogen and oxygen atoms in total.